The van der Waals surface area contributed by atoms with E-state index in [1.54, 1.807) is 12.1 Å². The van der Waals surface area contributed by atoms with Crippen LogP contribution in [0, 0.1) is 0 Å². The lowest BCUT2D eigenvalue weighted by Gasteiger charge is -2.25. The lowest BCUT2D eigenvalue weighted by molar-refractivity contribution is -0.126. The number of pyridine rings is 1. The number of nitrogens with zero attached hydrogens (tertiary/aromatic N) is 2. The predicted octanol–water partition coefficient (Wildman–Crippen LogP) is -0.741. The molecule has 0 saturated carbocycles. The second kappa shape index (κ2) is 6.11. The molecule has 2 rings (SSSR count). The first-order valence-electron chi connectivity index (χ1n) is 5.98. The highest BCUT2D eigenvalue weighted by molar-refractivity contribution is 6.03. The number of rotatable bonds is 4. The third kappa shape index (κ3) is 3.51. The minimum absolute atomic E-state index is 0.0405. The zero-order valence-electron chi connectivity index (χ0n) is 10.7. The number of amides is 3. The van der Waals surface area contributed by atoms with E-state index >= 15 is 0 Å². The van der Waals surface area contributed by atoms with Crippen LogP contribution in [0.2, 0.25) is 0 Å². The van der Waals surface area contributed by atoms with E-state index in [0.29, 0.717) is 24.7 Å². The van der Waals surface area contributed by atoms with Crippen molar-refractivity contribution in [3.8, 4) is 0 Å². The maximum Gasteiger partial charge on any atom is 0.254 e. The van der Waals surface area contributed by atoms with E-state index in [9.17, 15) is 14.4 Å². The Morgan fingerprint density at radius 1 is 1.45 bits per heavy atom. The predicted molar refractivity (Wildman–Crippen MR) is 69.9 cm³/mol. The molecule has 0 aliphatic carbocycles. The van der Waals surface area contributed by atoms with Crippen LogP contribution in [-0.4, -0.2) is 42.5 Å². The molecular formula is C12H14N4O4. The number of hydrogen-bond acceptors (Lipinski definition) is 5. The number of nitrogens with two attached hydrogens (primary N) is 1. The number of morpholine rings is 1. The third-order valence-electron chi connectivity index (χ3n) is 2.63. The Balaban J connectivity index is 2.00. The number of carbonyl (C=O) groups excluding carboxylic acids is 3. The molecule has 20 heavy (non-hydrogen) atoms. The van der Waals surface area contributed by atoms with Gasteiger partial charge in [-0.05, 0) is 12.1 Å². The number of ether oxygens (including phenoxy) is 1. The molecule has 1 aliphatic heterocycles. The highest BCUT2D eigenvalue weighted by Crippen LogP contribution is 2.16. The van der Waals surface area contributed by atoms with Crippen LogP contribution in [0.5, 0.6) is 0 Å². The standard InChI is InChI=1S/C12H14N4O4/c13-9(17)5-11(18)15-8-1-2-10(14-6-8)16-3-4-20-7-12(16)19/h1-2,6H,3-5,7H2,(H2,13,17)(H,15,18). The van der Waals surface area contributed by atoms with E-state index in [2.05, 4.69) is 10.3 Å². The normalized spacial score (nSPS) is 15.0. The summed E-state index contributed by atoms with van der Waals surface area (Å²) < 4.78 is 5.03. The van der Waals surface area contributed by atoms with Gasteiger partial charge in [0.05, 0.1) is 25.0 Å². The van der Waals surface area contributed by atoms with Gasteiger partial charge in [0.15, 0.2) is 0 Å². The van der Waals surface area contributed by atoms with Gasteiger partial charge in [0, 0.05) is 0 Å². The molecule has 2 heterocycles. The molecule has 0 spiro atoms. The molecule has 0 unspecified atom stereocenters. The number of primary amides is 1. The van der Waals surface area contributed by atoms with Crippen molar-refractivity contribution in [1.82, 2.24) is 4.98 Å². The number of nitrogens with one attached hydrogen (secondary N) is 1. The van der Waals surface area contributed by atoms with Gasteiger partial charge in [-0.2, -0.15) is 0 Å². The van der Waals surface area contributed by atoms with E-state index < -0.39 is 11.8 Å². The highest BCUT2D eigenvalue weighted by atomic mass is 16.5. The lowest BCUT2D eigenvalue weighted by atomic mass is 10.3. The number of anilines is 2. The largest absolute Gasteiger partial charge is 0.370 e. The van der Waals surface area contributed by atoms with E-state index in [-0.39, 0.29) is 18.9 Å². The van der Waals surface area contributed by atoms with Crippen molar-refractivity contribution in [2.24, 2.45) is 5.73 Å². The fourth-order valence-corrected chi connectivity index (χ4v) is 1.74. The van der Waals surface area contributed by atoms with Crippen molar-refractivity contribution in [3.05, 3.63) is 18.3 Å². The molecule has 1 aromatic rings. The van der Waals surface area contributed by atoms with Crippen LogP contribution in [0.1, 0.15) is 6.42 Å². The molecule has 1 aromatic heterocycles. The summed E-state index contributed by atoms with van der Waals surface area (Å²) in [5, 5.41) is 2.48. The molecule has 0 aromatic carbocycles. The number of hydrogen-bond donors (Lipinski definition) is 2. The summed E-state index contributed by atoms with van der Waals surface area (Å²) in [6.07, 6.45) is 1.03. The van der Waals surface area contributed by atoms with Crippen LogP contribution in [0.4, 0.5) is 11.5 Å². The topological polar surface area (TPSA) is 115 Å². The van der Waals surface area contributed by atoms with Crippen molar-refractivity contribution in [3.63, 3.8) is 0 Å². The summed E-state index contributed by atoms with van der Waals surface area (Å²) in [5.74, 6) is -0.874. The van der Waals surface area contributed by atoms with Gasteiger partial charge in [-0.3, -0.25) is 19.3 Å². The minimum Gasteiger partial charge on any atom is -0.370 e. The van der Waals surface area contributed by atoms with E-state index in [4.69, 9.17) is 10.5 Å². The van der Waals surface area contributed by atoms with Gasteiger partial charge in [-0.25, -0.2) is 4.98 Å². The Kier molecular flexibility index (Phi) is 4.26. The average Bonchev–Trinajstić information content (AvgIpc) is 2.39. The molecule has 8 nitrogen and oxygen atoms in total. The molecule has 1 fully saturated rings. The quantitative estimate of drug-likeness (QED) is 0.704. The fourth-order valence-electron chi connectivity index (χ4n) is 1.74. The molecule has 1 aliphatic rings. The van der Waals surface area contributed by atoms with Crippen molar-refractivity contribution < 1.29 is 19.1 Å². The van der Waals surface area contributed by atoms with Crippen LogP contribution in [0.25, 0.3) is 0 Å². The van der Waals surface area contributed by atoms with E-state index in [1.807, 2.05) is 0 Å². The Morgan fingerprint density at radius 3 is 2.85 bits per heavy atom. The maximum atomic E-state index is 11.6. The maximum absolute atomic E-state index is 11.6. The Hall–Kier alpha value is -2.48. The van der Waals surface area contributed by atoms with E-state index in [1.165, 1.54) is 11.1 Å². The molecular weight excluding hydrogens is 264 g/mol. The molecule has 0 bridgehead atoms. The molecule has 0 radical (unpaired) electrons. The van der Waals surface area contributed by atoms with Gasteiger partial charge in [0.1, 0.15) is 18.8 Å². The van der Waals surface area contributed by atoms with Gasteiger partial charge >= 0.3 is 0 Å². The molecule has 3 N–H and O–H groups in total. The van der Waals surface area contributed by atoms with Gasteiger partial charge in [0.2, 0.25) is 11.8 Å². The molecule has 8 heteroatoms. The minimum atomic E-state index is -0.703. The first kappa shape index (κ1) is 13.9. The molecule has 0 atom stereocenters. The summed E-state index contributed by atoms with van der Waals surface area (Å²) in [4.78, 5) is 39.2. The average molecular weight is 278 g/mol. The SMILES string of the molecule is NC(=O)CC(=O)Nc1ccc(N2CCOCC2=O)nc1. The number of carbonyl (C=O) groups is 3. The van der Waals surface area contributed by atoms with Crippen LogP contribution in [-0.2, 0) is 19.1 Å². The Labute approximate surface area is 114 Å². The first-order chi connectivity index (χ1) is 9.56. The Bertz CT molecular complexity index is 529. The van der Waals surface area contributed by atoms with Crippen molar-refractivity contribution >= 4 is 29.2 Å². The molecule has 106 valence electrons. The number of aromatic nitrogens is 1. The third-order valence-corrected chi connectivity index (χ3v) is 2.63. The first-order valence-corrected chi connectivity index (χ1v) is 5.98. The summed E-state index contributed by atoms with van der Waals surface area (Å²) in [6, 6.07) is 3.22. The van der Waals surface area contributed by atoms with Gasteiger partial charge in [-0.1, -0.05) is 0 Å². The van der Waals surface area contributed by atoms with Gasteiger partial charge in [0.25, 0.3) is 5.91 Å². The van der Waals surface area contributed by atoms with Crippen molar-refractivity contribution in [1.29, 1.82) is 0 Å². The van der Waals surface area contributed by atoms with Crippen molar-refractivity contribution in [2.75, 3.05) is 30.0 Å². The second-order valence-corrected chi connectivity index (χ2v) is 4.19. The second-order valence-electron chi connectivity index (χ2n) is 4.19. The lowest BCUT2D eigenvalue weighted by Crippen LogP contribution is -2.42. The zero-order valence-corrected chi connectivity index (χ0v) is 10.7. The van der Waals surface area contributed by atoms with Crippen LogP contribution in [0.3, 0.4) is 0 Å². The summed E-state index contributed by atoms with van der Waals surface area (Å²) in [5.41, 5.74) is 5.34. The highest BCUT2D eigenvalue weighted by Gasteiger charge is 2.21. The van der Waals surface area contributed by atoms with Crippen LogP contribution < -0.4 is 16.0 Å². The summed E-state index contributed by atoms with van der Waals surface area (Å²) in [6.45, 7) is 0.947. The van der Waals surface area contributed by atoms with Crippen molar-refractivity contribution in [2.45, 2.75) is 6.42 Å². The fraction of sp³-hybridized carbons (Fsp3) is 0.333. The summed E-state index contributed by atoms with van der Waals surface area (Å²) >= 11 is 0. The monoisotopic (exact) mass is 278 g/mol. The Morgan fingerprint density at radius 2 is 2.25 bits per heavy atom. The van der Waals surface area contributed by atoms with Crippen LogP contribution in [0.15, 0.2) is 18.3 Å². The van der Waals surface area contributed by atoms with Gasteiger partial charge < -0.3 is 15.8 Å². The van der Waals surface area contributed by atoms with Crippen LogP contribution >= 0.6 is 0 Å². The molecule has 3 amide bonds. The molecule has 1 saturated heterocycles. The summed E-state index contributed by atoms with van der Waals surface area (Å²) in [7, 11) is 0. The van der Waals surface area contributed by atoms with Gasteiger partial charge in [-0.15, -0.1) is 0 Å². The zero-order chi connectivity index (χ0) is 14.5. The smallest absolute Gasteiger partial charge is 0.254 e. The van der Waals surface area contributed by atoms with E-state index in [0.717, 1.165) is 0 Å².